The van der Waals surface area contributed by atoms with Crippen molar-refractivity contribution >= 4 is 5.91 Å². The van der Waals surface area contributed by atoms with Crippen LogP contribution < -0.4 is 0 Å². The quantitative estimate of drug-likeness (QED) is 0.876. The third-order valence-electron chi connectivity index (χ3n) is 5.18. The molecule has 5 heteroatoms. The molecule has 5 nitrogen and oxygen atoms in total. The first-order valence-corrected chi connectivity index (χ1v) is 8.56. The van der Waals surface area contributed by atoms with E-state index in [0.717, 1.165) is 43.7 Å². The van der Waals surface area contributed by atoms with Crippen molar-refractivity contribution in [3.63, 3.8) is 0 Å². The van der Waals surface area contributed by atoms with Gasteiger partial charge in [0.25, 0.3) is 0 Å². The summed E-state index contributed by atoms with van der Waals surface area (Å²) in [6.07, 6.45) is 7.34. The topological polar surface area (TPSA) is 51.0 Å². The Morgan fingerprint density at radius 3 is 2.65 bits per heavy atom. The predicted octanol–water partition coefficient (Wildman–Crippen LogP) is 2.91. The summed E-state index contributed by atoms with van der Waals surface area (Å²) in [5, 5.41) is 8.39. The van der Waals surface area contributed by atoms with Gasteiger partial charge in [0.15, 0.2) is 5.82 Å². The summed E-state index contributed by atoms with van der Waals surface area (Å²) in [6, 6.07) is 10.4. The number of carbonyl (C=O) groups is 1. The largest absolute Gasteiger partial charge is 0.340 e. The van der Waals surface area contributed by atoms with Gasteiger partial charge in [0.05, 0.1) is 6.04 Å². The Hall–Kier alpha value is -2.17. The molecule has 0 spiro atoms. The maximum Gasteiger partial charge on any atom is 0.225 e. The van der Waals surface area contributed by atoms with Gasteiger partial charge in [-0.15, -0.1) is 10.2 Å². The average molecular weight is 310 g/mol. The van der Waals surface area contributed by atoms with Crippen molar-refractivity contribution in [2.24, 2.45) is 5.92 Å². The molecule has 1 amide bonds. The second kappa shape index (κ2) is 6.14. The van der Waals surface area contributed by atoms with Crippen LogP contribution in [0.2, 0.25) is 0 Å². The minimum absolute atomic E-state index is 0.267. The summed E-state index contributed by atoms with van der Waals surface area (Å²) in [5.41, 5.74) is 1.07. The van der Waals surface area contributed by atoms with Crippen molar-refractivity contribution in [2.75, 3.05) is 13.1 Å². The van der Waals surface area contributed by atoms with E-state index in [9.17, 15) is 4.79 Å². The van der Waals surface area contributed by atoms with E-state index in [0.29, 0.717) is 5.91 Å². The number of rotatable bonds is 3. The normalized spacial score (nSPS) is 21.9. The van der Waals surface area contributed by atoms with Crippen LogP contribution in [0.4, 0.5) is 0 Å². The Balaban J connectivity index is 1.50. The van der Waals surface area contributed by atoms with E-state index >= 15 is 0 Å². The second-order valence-corrected chi connectivity index (χ2v) is 6.64. The maximum absolute atomic E-state index is 12.6. The van der Waals surface area contributed by atoms with Gasteiger partial charge in [0.1, 0.15) is 6.33 Å². The van der Waals surface area contributed by atoms with Crippen LogP contribution in [-0.2, 0) is 4.79 Å². The Bertz CT molecular complexity index is 675. The molecule has 0 N–H and O–H groups in total. The van der Waals surface area contributed by atoms with Crippen LogP contribution in [0.3, 0.4) is 0 Å². The predicted molar refractivity (Wildman–Crippen MR) is 87.7 cm³/mol. The number of likely N-dealkylation sites (tertiary alicyclic amines) is 1. The third kappa shape index (κ3) is 2.76. The molecule has 1 aliphatic heterocycles. The van der Waals surface area contributed by atoms with Crippen LogP contribution in [0.15, 0.2) is 36.7 Å². The van der Waals surface area contributed by atoms with Crippen LogP contribution in [0.25, 0.3) is 11.4 Å². The van der Waals surface area contributed by atoms with Crippen molar-refractivity contribution in [2.45, 2.75) is 38.1 Å². The molecule has 1 aromatic heterocycles. The number of amides is 1. The molecule has 0 radical (unpaired) electrons. The van der Waals surface area contributed by atoms with E-state index in [4.69, 9.17) is 0 Å². The van der Waals surface area contributed by atoms with Crippen molar-refractivity contribution in [3.05, 3.63) is 36.7 Å². The number of hydrogen-bond donors (Lipinski definition) is 0. The molecule has 2 aliphatic rings. The summed E-state index contributed by atoms with van der Waals surface area (Å²) in [4.78, 5) is 14.7. The van der Waals surface area contributed by atoms with Gasteiger partial charge in [-0.3, -0.25) is 4.79 Å². The van der Waals surface area contributed by atoms with Crippen molar-refractivity contribution in [1.29, 1.82) is 0 Å². The zero-order chi connectivity index (χ0) is 15.6. The molecule has 1 aromatic carbocycles. The standard InChI is InChI=1S/C18H22N4O/c23-18(15-8-4-5-9-15)21-11-10-16(12-21)22-13-19-20-17(22)14-6-2-1-3-7-14/h1-3,6-7,13,15-16H,4-5,8-12H2. The molecule has 0 bridgehead atoms. The first-order valence-electron chi connectivity index (χ1n) is 8.56. The molecule has 2 aromatic rings. The fraction of sp³-hybridized carbons (Fsp3) is 0.500. The summed E-state index contributed by atoms with van der Waals surface area (Å²) in [7, 11) is 0. The lowest BCUT2D eigenvalue weighted by Gasteiger charge is -2.21. The highest BCUT2D eigenvalue weighted by Gasteiger charge is 2.33. The zero-order valence-electron chi connectivity index (χ0n) is 13.3. The molecule has 2 fully saturated rings. The fourth-order valence-electron chi connectivity index (χ4n) is 3.90. The van der Waals surface area contributed by atoms with Gasteiger partial charge in [-0.05, 0) is 19.3 Å². The number of hydrogen-bond acceptors (Lipinski definition) is 3. The number of carbonyl (C=O) groups excluding carboxylic acids is 1. The van der Waals surface area contributed by atoms with Gasteiger partial charge >= 0.3 is 0 Å². The monoisotopic (exact) mass is 310 g/mol. The summed E-state index contributed by atoms with van der Waals surface area (Å²) >= 11 is 0. The van der Waals surface area contributed by atoms with Crippen LogP contribution in [0, 0.1) is 5.92 Å². The summed E-state index contributed by atoms with van der Waals surface area (Å²) in [6.45, 7) is 1.64. The minimum atomic E-state index is 0.267. The highest BCUT2D eigenvalue weighted by Crippen LogP contribution is 2.31. The van der Waals surface area contributed by atoms with E-state index in [-0.39, 0.29) is 12.0 Å². The molecule has 120 valence electrons. The number of aromatic nitrogens is 3. The fourth-order valence-corrected chi connectivity index (χ4v) is 3.90. The van der Waals surface area contributed by atoms with Crippen LogP contribution >= 0.6 is 0 Å². The lowest BCUT2D eigenvalue weighted by Crippen LogP contribution is -2.33. The van der Waals surface area contributed by atoms with E-state index in [1.54, 1.807) is 6.33 Å². The molecule has 1 aliphatic carbocycles. The van der Waals surface area contributed by atoms with Gasteiger partial charge in [-0.1, -0.05) is 43.2 Å². The van der Waals surface area contributed by atoms with Crippen LogP contribution in [0.1, 0.15) is 38.1 Å². The molecule has 1 saturated heterocycles. The lowest BCUT2D eigenvalue weighted by molar-refractivity contribution is -0.134. The molecule has 1 atom stereocenters. The molecular weight excluding hydrogens is 288 g/mol. The third-order valence-corrected chi connectivity index (χ3v) is 5.18. The van der Waals surface area contributed by atoms with E-state index in [2.05, 4.69) is 31.8 Å². The Morgan fingerprint density at radius 2 is 1.87 bits per heavy atom. The molecule has 23 heavy (non-hydrogen) atoms. The van der Waals surface area contributed by atoms with Crippen LogP contribution in [-0.4, -0.2) is 38.7 Å². The molecule has 1 saturated carbocycles. The first kappa shape index (κ1) is 14.4. The van der Waals surface area contributed by atoms with E-state index < -0.39 is 0 Å². The SMILES string of the molecule is O=C(C1CCCC1)N1CCC(n2cnnc2-c2ccccc2)C1. The smallest absolute Gasteiger partial charge is 0.225 e. The van der Waals surface area contributed by atoms with Gasteiger partial charge < -0.3 is 9.47 Å². The number of benzene rings is 1. The highest BCUT2D eigenvalue weighted by molar-refractivity contribution is 5.79. The van der Waals surface area contributed by atoms with Gasteiger partial charge in [0, 0.05) is 24.6 Å². The zero-order valence-corrected chi connectivity index (χ0v) is 13.3. The van der Waals surface area contributed by atoms with Crippen molar-refractivity contribution in [1.82, 2.24) is 19.7 Å². The van der Waals surface area contributed by atoms with E-state index in [1.165, 1.54) is 12.8 Å². The van der Waals surface area contributed by atoms with Crippen molar-refractivity contribution in [3.8, 4) is 11.4 Å². The van der Waals surface area contributed by atoms with Gasteiger partial charge in [0.2, 0.25) is 5.91 Å². The first-order chi connectivity index (χ1) is 11.3. The molecule has 4 rings (SSSR count). The van der Waals surface area contributed by atoms with Crippen molar-refractivity contribution < 1.29 is 4.79 Å². The van der Waals surface area contributed by atoms with E-state index in [1.807, 2.05) is 18.2 Å². The molecular formula is C18H22N4O. The second-order valence-electron chi connectivity index (χ2n) is 6.64. The maximum atomic E-state index is 12.6. The average Bonchev–Trinajstić information content (AvgIpc) is 3.35. The summed E-state index contributed by atoms with van der Waals surface area (Å²) < 4.78 is 2.14. The Labute approximate surface area is 136 Å². The highest BCUT2D eigenvalue weighted by atomic mass is 16.2. The molecule has 1 unspecified atom stereocenters. The number of nitrogens with zero attached hydrogens (tertiary/aromatic N) is 4. The Morgan fingerprint density at radius 1 is 1.09 bits per heavy atom. The van der Waals surface area contributed by atoms with Gasteiger partial charge in [-0.25, -0.2) is 0 Å². The van der Waals surface area contributed by atoms with Gasteiger partial charge in [-0.2, -0.15) is 0 Å². The summed E-state index contributed by atoms with van der Waals surface area (Å²) in [5.74, 6) is 1.52. The van der Waals surface area contributed by atoms with Crippen LogP contribution in [0.5, 0.6) is 0 Å². The lowest BCUT2D eigenvalue weighted by atomic mass is 10.1. The molecule has 2 heterocycles. The minimum Gasteiger partial charge on any atom is -0.340 e. The Kier molecular flexibility index (Phi) is 3.85.